The number of hydrogen-bond acceptors (Lipinski definition) is 7. The zero-order valence-corrected chi connectivity index (χ0v) is 17.4. The second-order valence-electron chi connectivity index (χ2n) is 6.85. The topological polar surface area (TPSA) is 110 Å². The van der Waals surface area contributed by atoms with Crippen molar-refractivity contribution < 1.29 is 49.6 Å². The Morgan fingerprint density at radius 3 is 2.25 bits per heavy atom. The predicted octanol–water partition coefficient (Wildman–Crippen LogP) is 3.92. The molecule has 0 aliphatic rings. The number of carbonyl (C=O) groups excluding carboxylic acids is 2. The van der Waals surface area contributed by atoms with Gasteiger partial charge >= 0.3 is 23.1 Å². The van der Waals surface area contributed by atoms with E-state index in [1.54, 1.807) is 18.2 Å². The molecule has 0 fully saturated rings. The van der Waals surface area contributed by atoms with E-state index in [0.29, 0.717) is 16.3 Å². The maximum Gasteiger partial charge on any atom is 0.396 e. The molecule has 0 saturated carbocycles. The van der Waals surface area contributed by atoms with Gasteiger partial charge in [-0.3, -0.25) is 4.79 Å². The Bertz CT molecular complexity index is 1160. The fourth-order valence-corrected chi connectivity index (χ4v) is 2.94. The van der Waals surface area contributed by atoms with Crippen molar-refractivity contribution in [1.82, 2.24) is 0 Å². The zero-order chi connectivity index (χ0) is 24.3. The average Bonchev–Trinajstić information content (AvgIpc) is 2.69. The summed E-state index contributed by atoms with van der Waals surface area (Å²) in [5.74, 6) is -7.20. The van der Waals surface area contributed by atoms with E-state index in [0.717, 1.165) is 0 Å². The number of ether oxygens (including phenoxy) is 2. The molecule has 0 saturated heterocycles. The number of hydrogen-bond donors (Lipinski definition) is 0. The molecule has 0 atom stereocenters. The normalized spacial score (nSPS) is 12.4. The number of halogens is 4. The van der Waals surface area contributed by atoms with Crippen LogP contribution in [-0.4, -0.2) is 36.1 Å². The minimum absolute atomic E-state index is 0.00367. The fraction of sp³-hybridized carbons (Fsp3) is 0.300. The van der Waals surface area contributed by atoms with E-state index in [4.69, 9.17) is 9.47 Å². The van der Waals surface area contributed by atoms with E-state index in [2.05, 4.69) is 6.58 Å². The molecular weight excluding hydrogens is 460 g/mol. The van der Waals surface area contributed by atoms with Crippen LogP contribution in [-0.2, 0) is 31.1 Å². The maximum atomic E-state index is 13.4. The van der Waals surface area contributed by atoms with Gasteiger partial charge in [0.05, 0.1) is 6.42 Å². The van der Waals surface area contributed by atoms with Gasteiger partial charge < -0.3 is 14.0 Å². The standard InChI is InChI=1S/C20H18F4O7S/c1-12(2)18(26)30-11-13-3-4-15-10-16(6-5-14(15)9-13)31-17(25)7-8-19(21,22)20(23,24)32(27,28)29/h3-6,9-10H,1,7-8,11H2,2H3,(H,27,28,29)/p-1. The minimum atomic E-state index is -6.63. The molecule has 0 amide bonds. The van der Waals surface area contributed by atoms with Gasteiger partial charge in [0.25, 0.3) is 0 Å². The minimum Gasteiger partial charge on any atom is -0.743 e. The van der Waals surface area contributed by atoms with Crippen molar-refractivity contribution in [3.8, 4) is 5.75 Å². The van der Waals surface area contributed by atoms with Gasteiger partial charge in [-0.25, -0.2) is 13.2 Å². The first kappa shape index (κ1) is 25.3. The van der Waals surface area contributed by atoms with Crippen LogP contribution in [0.25, 0.3) is 10.8 Å². The molecule has 0 aromatic heterocycles. The number of benzene rings is 2. The summed E-state index contributed by atoms with van der Waals surface area (Å²) in [7, 11) is -6.63. The molecule has 0 unspecified atom stereocenters. The highest BCUT2D eigenvalue weighted by atomic mass is 32.2. The molecule has 2 aromatic carbocycles. The van der Waals surface area contributed by atoms with E-state index in [-0.39, 0.29) is 17.9 Å². The Morgan fingerprint density at radius 1 is 1.06 bits per heavy atom. The van der Waals surface area contributed by atoms with Crippen LogP contribution in [0, 0.1) is 0 Å². The molecule has 0 aliphatic heterocycles. The smallest absolute Gasteiger partial charge is 0.396 e. The molecule has 0 heterocycles. The first-order valence-electron chi connectivity index (χ1n) is 8.91. The molecule has 2 rings (SSSR count). The number of alkyl halides is 4. The van der Waals surface area contributed by atoms with Crippen molar-refractivity contribution in [3.63, 3.8) is 0 Å². The number of esters is 2. The lowest BCUT2D eigenvalue weighted by atomic mass is 10.1. The van der Waals surface area contributed by atoms with E-state index in [9.17, 15) is 40.1 Å². The van der Waals surface area contributed by atoms with Crippen molar-refractivity contribution in [3.05, 3.63) is 54.1 Å². The van der Waals surface area contributed by atoms with Crippen molar-refractivity contribution >= 4 is 32.8 Å². The highest BCUT2D eigenvalue weighted by Gasteiger charge is 2.61. The molecule has 0 N–H and O–H groups in total. The number of fused-ring (bicyclic) bond motifs is 1. The molecular formula is C20H17F4O7S-. The molecule has 174 valence electrons. The molecule has 12 heteroatoms. The lowest BCUT2D eigenvalue weighted by Gasteiger charge is -2.28. The Balaban J connectivity index is 2.03. The molecule has 0 radical (unpaired) electrons. The first-order chi connectivity index (χ1) is 14.6. The first-order valence-corrected chi connectivity index (χ1v) is 10.3. The van der Waals surface area contributed by atoms with Crippen LogP contribution < -0.4 is 4.74 Å². The third-order valence-corrected chi connectivity index (χ3v) is 5.14. The number of carbonyl (C=O) groups is 2. The van der Waals surface area contributed by atoms with Gasteiger partial charge in [-0.15, -0.1) is 0 Å². The van der Waals surface area contributed by atoms with Crippen LogP contribution in [0.3, 0.4) is 0 Å². The lowest BCUT2D eigenvalue weighted by Crippen LogP contribution is -2.47. The highest BCUT2D eigenvalue weighted by Crippen LogP contribution is 2.41. The van der Waals surface area contributed by atoms with Crippen LogP contribution in [0.2, 0.25) is 0 Å². The summed E-state index contributed by atoms with van der Waals surface area (Å²) in [6.45, 7) is 4.96. The summed E-state index contributed by atoms with van der Waals surface area (Å²) in [6.07, 6.45) is -3.16. The van der Waals surface area contributed by atoms with Crippen LogP contribution in [0.5, 0.6) is 5.75 Å². The molecule has 7 nitrogen and oxygen atoms in total. The largest absolute Gasteiger partial charge is 0.743 e. The molecule has 2 aromatic rings. The van der Waals surface area contributed by atoms with Crippen LogP contribution in [0.4, 0.5) is 17.6 Å². The monoisotopic (exact) mass is 477 g/mol. The highest BCUT2D eigenvalue weighted by molar-refractivity contribution is 7.86. The van der Waals surface area contributed by atoms with Gasteiger partial charge in [0.2, 0.25) is 0 Å². The maximum absolute atomic E-state index is 13.4. The second-order valence-corrected chi connectivity index (χ2v) is 8.27. The Morgan fingerprint density at radius 2 is 1.66 bits per heavy atom. The average molecular weight is 477 g/mol. The SMILES string of the molecule is C=C(C)C(=O)OCc1ccc2cc(OC(=O)CCC(F)(F)C(F)(F)S(=O)(=O)[O-])ccc2c1. The van der Waals surface area contributed by atoms with Gasteiger partial charge in [0.1, 0.15) is 12.4 Å². The van der Waals surface area contributed by atoms with Crippen molar-refractivity contribution in [1.29, 1.82) is 0 Å². The van der Waals surface area contributed by atoms with Crippen molar-refractivity contribution in [2.45, 2.75) is 37.5 Å². The van der Waals surface area contributed by atoms with Crippen molar-refractivity contribution in [2.75, 3.05) is 0 Å². The summed E-state index contributed by atoms with van der Waals surface area (Å²) < 4.78 is 94.0. The van der Waals surface area contributed by atoms with Gasteiger partial charge in [0, 0.05) is 12.0 Å². The number of rotatable bonds is 9. The van der Waals surface area contributed by atoms with Crippen molar-refractivity contribution in [2.24, 2.45) is 0 Å². The fourth-order valence-electron chi connectivity index (χ4n) is 2.47. The third-order valence-electron chi connectivity index (χ3n) is 4.21. The summed E-state index contributed by atoms with van der Waals surface area (Å²) in [4.78, 5) is 23.2. The van der Waals surface area contributed by atoms with E-state index in [1.165, 1.54) is 25.1 Å². The zero-order valence-electron chi connectivity index (χ0n) is 16.6. The quantitative estimate of drug-likeness (QED) is 0.177. The van der Waals surface area contributed by atoms with Gasteiger partial charge in [0.15, 0.2) is 10.1 Å². The summed E-state index contributed by atoms with van der Waals surface area (Å²) in [5, 5.41) is -4.63. The summed E-state index contributed by atoms with van der Waals surface area (Å²) >= 11 is 0. The lowest BCUT2D eigenvalue weighted by molar-refractivity contribution is -0.169. The summed E-state index contributed by atoms with van der Waals surface area (Å²) in [5.41, 5.74) is 0.904. The van der Waals surface area contributed by atoms with E-state index < -0.39 is 46.1 Å². The molecule has 32 heavy (non-hydrogen) atoms. The van der Waals surface area contributed by atoms with Crippen LogP contribution >= 0.6 is 0 Å². The molecule has 0 aliphatic carbocycles. The summed E-state index contributed by atoms with van der Waals surface area (Å²) in [6, 6.07) is 9.16. The predicted molar refractivity (Wildman–Crippen MR) is 103 cm³/mol. The van der Waals surface area contributed by atoms with E-state index in [1.807, 2.05) is 0 Å². The van der Waals surface area contributed by atoms with Crippen LogP contribution in [0.15, 0.2) is 48.6 Å². The molecule has 0 bridgehead atoms. The Labute approximate surface area is 180 Å². The third kappa shape index (κ3) is 5.82. The second kappa shape index (κ2) is 9.25. The van der Waals surface area contributed by atoms with E-state index >= 15 is 0 Å². The molecule has 0 spiro atoms. The van der Waals surface area contributed by atoms with Crippen LogP contribution in [0.1, 0.15) is 25.3 Å². The Hall–Kier alpha value is -2.99. The van der Waals surface area contributed by atoms with Gasteiger partial charge in [-0.2, -0.15) is 17.6 Å². The van der Waals surface area contributed by atoms with Gasteiger partial charge in [-0.1, -0.05) is 24.8 Å². The Kier molecular flexibility index (Phi) is 7.30. The van der Waals surface area contributed by atoms with Gasteiger partial charge in [-0.05, 0) is 41.5 Å².